The number of likely N-dealkylation sites (tertiary alicyclic amines) is 1. The molecule has 2 amide bonds. The molecule has 7 heteroatoms. The Balaban J connectivity index is 1.50. The fraction of sp³-hybridized carbons (Fsp3) is 0.778. The maximum absolute atomic E-state index is 13.1. The van der Waals surface area contributed by atoms with Gasteiger partial charge in [-0.1, -0.05) is 12.2 Å². The number of likely N-dealkylation sites (N-methyl/N-ethyl adjacent to an activating group) is 1. The lowest BCUT2D eigenvalue weighted by Gasteiger charge is -2.35. The van der Waals surface area contributed by atoms with E-state index < -0.39 is 5.60 Å². The van der Waals surface area contributed by atoms with Crippen LogP contribution in [0.1, 0.15) is 6.92 Å². The van der Waals surface area contributed by atoms with Gasteiger partial charge in [-0.25, -0.2) is 0 Å². The number of amides is 2. The molecular weight excluding hydrogens is 322 g/mol. The lowest BCUT2D eigenvalue weighted by Crippen LogP contribution is -2.52. The third-order valence-electron chi connectivity index (χ3n) is 5.99. The highest BCUT2D eigenvalue weighted by atomic mass is 16.5. The van der Waals surface area contributed by atoms with Crippen molar-refractivity contribution in [3.8, 4) is 0 Å². The van der Waals surface area contributed by atoms with Gasteiger partial charge in [0.2, 0.25) is 11.8 Å². The van der Waals surface area contributed by atoms with Gasteiger partial charge in [0.15, 0.2) is 0 Å². The number of nitrogens with zero attached hydrogens (tertiary/aromatic N) is 3. The predicted octanol–water partition coefficient (Wildman–Crippen LogP) is -0.421. The first kappa shape index (κ1) is 17.0. The van der Waals surface area contributed by atoms with Gasteiger partial charge in [-0.05, 0) is 14.0 Å². The molecule has 0 aromatic rings. The maximum atomic E-state index is 13.1. The minimum absolute atomic E-state index is 0.0408. The number of hydrogen-bond acceptors (Lipinski definition) is 5. The van der Waals surface area contributed by atoms with Crippen molar-refractivity contribution in [1.29, 1.82) is 0 Å². The van der Waals surface area contributed by atoms with Crippen LogP contribution in [0, 0.1) is 11.8 Å². The Bertz CT molecular complexity index is 587. The Morgan fingerprint density at radius 2 is 2.12 bits per heavy atom. The number of ether oxygens (including phenoxy) is 2. The van der Waals surface area contributed by atoms with E-state index in [2.05, 4.69) is 11.9 Å². The molecule has 4 aliphatic heterocycles. The second-order valence-corrected chi connectivity index (χ2v) is 7.49. The summed E-state index contributed by atoms with van der Waals surface area (Å²) < 4.78 is 11.6. The molecule has 4 aliphatic rings. The first-order valence-electron chi connectivity index (χ1n) is 9.27. The fourth-order valence-electron chi connectivity index (χ4n) is 4.61. The number of rotatable bonds is 5. The van der Waals surface area contributed by atoms with Gasteiger partial charge in [-0.3, -0.25) is 9.59 Å². The molecule has 7 nitrogen and oxygen atoms in total. The van der Waals surface area contributed by atoms with E-state index >= 15 is 0 Å². The molecular formula is C18H27N3O4. The predicted molar refractivity (Wildman–Crippen MR) is 90.9 cm³/mol. The number of hydrogen-bond donors (Lipinski definition) is 0. The van der Waals surface area contributed by atoms with Crippen LogP contribution in [-0.2, 0) is 19.1 Å². The Labute approximate surface area is 148 Å². The van der Waals surface area contributed by atoms with Crippen LogP contribution in [-0.4, -0.2) is 97.7 Å². The summed E-state index contributed by atoms with van der Waals surface area (Å²) in [5, 5.41) is 0. The Morgan fingerprint density at radius 1 is 1.36 bits per heavy atom. The molecule has 0 unspecified atom stereocenters. The summed E-state index contributed by atoms with van der Waals surface area (Å²) >= 11 is 0. The molecule has 4 heterocycles. The third kappa shape index (κ3) is 2.69. The monoisotopic (exact) mass is 349 g/mol. The Kier molecular flexibility index (Phi) is 4.33. The van der Waals surface area contributed by atoms with Gasteiger partial charge in [0.05, 0.1) is 31.1 Å². The van der Waals surface area contributed by atoms with Gasteiger partial charge in [-0.15, -0.1) is 0 Å². The highest BCUT2D eigenvalue weighted by Crippen LogP contribution is 2.52. The summed E-state index contributed by atoms with van der Waals surface area (Å²) in [6.45, 7) is 7.40. The first-order valence-corrected chi connectivity index (χ1v) is 9.27. The maximum Gasteiger partial charge on any atom is 0.230 e. The SMILES string of the molecule is CCOCCN1C[C@]23C=C[C@H](O2)[C@H](C(=O)N2CCN(C)CC2)[C@@H]3C1=O. The number of fused-ring (bicyclic) bond motifs is 1. The van der Waals surface area contributed by atoms with E-state index in [0.717, 1.165) is 26.2 Å². The van der Waals surface area contributed by atoms with Crippen LogP contribution in [0.15, 0.2) is 12.2 Å². The van der Waals surface area contributed by atoms with Gasteiger partial charge in [0.25, 0.3) is 0 Å². The average Bonchev–Trinajstić information content (AvgIpc) is 3.24. The van der Waals surface area contributed by atoms with Crippen molar-refractivity contribution in [2.75, 3.05) is 59.5 Å². The van der Waals surface area contributed by atoms with E-state index in [1.54, 1.807) is 4.90 Å². The Morgan fingerprint density at radius 3 is 2.84 bits per heavy atom. The molecule has 0 radical (unpaired) electrons. The smallest absolute Gasteiger partial charge is 0.230 e. The zero-order valence-electron chi connectivity index (χ0n) is 15.0. The molecule has 4 atom stereocenters. The number of carbonyl (C=O) groups excluding carboxylic acids is 2. The van der Waals surface area contributed by atoms with Crippen LogP contribution in [0.4, 0.5) is 0 Å². The van der Waals surface area contributed by atoms with Crippen LogP contribution >= 0.6 is 0 Å². The molecule has 138 valence electrons. The second kappa shape index (κ2) is 6.37. The van der Waals surface area contributed by atoms with Crippen molar-refractivity contribution in [1.82, 2.24) is 14.7 Å². The van der Waals surface area contributed by atoms with Gasteiger partial charge in [0.1, 0.15) is 5.60 Å². The Hall–Kier alpha value is -1.44. The average molecular weight is 349 g/mol. The highest BCUT2D eigenvalue weighted by Gasteiger charge is 2.67. The van der Waals surface area contributed by atoms with E-state index in [0.29, 0.717) is 26.3 Å². The van der Waals surface area contributed by atoms with E-state index in [9.17, 15) is 9.59 Å². The lowest BCUT2D eigenvalue weighted by atomic mass is 9.76. The molecule has 3 saturated heterocycles. The molecule has 0 aromatic carbocycles. The largest absolute Gasteiger partial charge is 0.380 e. The van der Waals surface area contributed by atoms with E-state index in [4.69, 9.17) is 9.47 Å². The molecule has 25 heavy (non-hydrogen) atoms. The normalized spacial score (nSPS) is 37.2. The van der Waals surface area contributed by atoms with Gasteiger partial charge < -0.3 is 24.2 Å². The first-order chi connectivity index (χ1) is 12.1. The zero-order chi connectivity index (χ0) is 17.6. The van der Waals surface area contributed by atoms with Crippen molar-refractivity contribution in [3.63, 3.8) is 0 Å². The highest BCUT2D eigenvalue weighted by molar-refractivity contribution is 5.93. The van der Waals surface area contributed by atoms with Crippen LogP contribution in [0.3, 0.4) is 0 Å². The molecule has 0 saturated carbocycles. The number of carbonyl (C=O) groups is 2. The molecule has 4 rings (SSSR count). The number of piperazine rings is 1. The van der Waals surface area contributed by atoms with Gasteiger partial charge in [0, 0.05) is 39.3 Å². The summed E-state index contributed by atoms with van der Waals surface area (Å²) in [7, 11) is 2.07. The summed E-state index contributed by atoms with van der Waals surface area (Å²) in [6, 6.07) is 0. The molecule has 0 aromatic heterocycles. The van der Waals surface area contributed by atoms with Crippen molar-refractivity contribution in [2.45, 2.75) is 18.6 Å². The van der Waals surface area contributed by atoms with Crippen LogP contribution in [0.25, 0.3) is 0 Å². The molecule has 2 bridgehead atoms. The molecule has 0 N–H and O–H groups in total. The summed E-state index contributed by atoms with van der Waals surface area (Å²) in [6.07, 6.45) is 3.73. The summed E-state index contributed by atoms with van der Waals surface area (Å²) in [4.78, 5) is 32.1. The topological polar surface area (TPSA) is 62.3 Å². The van der Waals surface area contributed by atoms with E-state index in [1.165, 1.54) is 0 Å². The fourth-order valence-corrected chi connectivity index (χ4v) is 4.61. The lowest BCUT2D eigenvalue weighted by molar-refractivity contribution is -0.144. The van der Waals surface area contributed by atoms with Crippen LogP contribution in [0.2, 0.25) is 0 Å². The quantitative estimate of drug-likeness (QED) is 0.498. The van der Waals surface area contributed by atoms with Gasteiger partial charge >= 0.3 is 0 Å². The molecule has 1 spiro atoms. The zero-order valence-corrected chi connectivity index (χ0v) is 15.0. The van der Waals surface area contributed by atoms with Crippen LogP contribution < -0.4 is 0 Å². The van der Waals surface area contributed by atoms with E-state index in [-0.39, 0.29) is 29.8 Å². The minimum Gasteiger partial charge on any atom is -0.380 e. The van der Waals surface area contributed by atoms with Crippen molar-refractivity contribution in [3.05, 3.63) is 12.2 Å². The molecule has 3 fully saturated rings. The van der Waals surface area contributed by atoms with Crippen molar-refractivity contribution >= 4 is 11.8 Å². The summed E-state index contributed by atoms with van der Waals surface area (Å²) in [5.41, 5.74) is -0.610. The third-order valence-corrected chi connectivity index (χ3v) is 5.99. The minimum atomic E-state index is -0.610. The second-order valence-electron chi connectivity index (χ2n) is 7.49. The van der Waals surface area contributed by atoms with E-state index in [1.807, 2.05) is 24.0 Å². The standard InChI is InChI=1S/C18H27N3O4/c1-3-24-11-10-21-12-18-5-4-13(25-18)14(15(18)17(21)23)16(22)20-8-6-19(2)7-9-20/h4-5,13-15H,3,6-12H2,1-2H3/t13-,14-,15+,18-/m0/s1. The van der Waals surface area contributed by atoms with Crippen molar-refractivity contribution in [2.24, 2.45) is 11.8 Å². The van der Waals surface area contributed by atoms with Gasteiger partial charge in [-0.2, -0.15) is 0 Å². The van der Waals surface area contributed by atoms with Crippen LogP contribution in [0.5, 0.6) is 0 Å². The van der Waals surface area contributed by atoms with Crippen molar-refractivity contribution < 1.29 is 19.1 Å². The molecule has 0 aliphatic carbocycles. The summed E-state index contributed by atoms with van der Waals surface area (Å²) in [5.74, 6) is -0.636.